The number of aromatic nitrogens is 3. The number of benzene rings is 2. The van der Waals surface area contributed by atoms with Gasteiger partial charge >= 0.3 is 6.01 Å². The average molecular weight is 368 g/mol. The van der Waals surface area contributed by atoms with Crippen LogP contribution in [-0.4, -0.2) is 48.6 Å². The number of hydrogen-bond donors (Lipinski definition) is 1. The van der Waals surface area contributed by atoms with Gasteiger partial charge in [0.25, 0.3) is 0 Å². The molecule has 140 valence electrons. The van der Waals surface area contributed by atoms with Gasteiger partial charge in [0, 0.05) is 18.4 Å². The fourth-order valence-corrected chi connectivity index (χ4v) is 2.55. The maximum absolute atomic E-state index is 11.8. The largest absolute Gasteiger partial charge is 0.497 e. The van der Waals surface area contributed by atoms with Crippen LogP contribution < -0.4 is 14.8 Å². The molecule has 8 nitrogen and oxygen atoms in total. The zero-order chi connectivity index (χ0) is 19.2. The highest BCUT2D eigenvalue weighted by atomic mass is 16.5. The number of carbonyl (C=O) groups excluding carboxylic acids is 1. The summed E-state index contributed by atoms with van der Waals surface area (Å²) >= 11 is 0. The summed E-state index contributed by atoms with van der Waals surface area (Å²) in [5.74, 6) is 1.06. The van der Waals surface area contributed by atoms with Gasteiger partial charge in [0.1, 0.15) is 12.4 Å². The highest BCUT2D eigenvalue weighted by molar-refractivity contribution is 5.91. The molecule has 3 aromatic rings. The summed E-state index contributed by atoms with van der Waals surface area (Å²) in [6.45, 7) is -0.0174. The predicted molar refractivity (Wildman–Crippen MR) is 100 cm³/mol. The summed E-state index contributed by atoms with van der Waals surface area (Å²) in [5, 5.41) is 7.17. The molecule has 1 amide bonds. The van der Waals surface area contributed by atoms with E-state index in [2.05, 4.69) is 15.4 Å². The lowest BCUT2D eigenvalue weighted by Crippen LogP contribution is -2.17. The van der Waals surface area contributed by atoms with Crippen LogP contribution in [0.5, 0.6) is 11.8 Å². The summed E-state index contributed by atoms with van der Waals surface area (Å²) in [5.41, 5.74) is 2.17. The second kappa shape index (κ2) is 8.33. The van der Waals surface area contributed by atoms with Crippen molar-refractivity contribution < 1.29 is 19.0 Å². The third-order valence-corrected chi connectivity index (χ3v) is 3.75. The van der Waals surface area contributed by atoms with E-state index in [9.17, 15) is 4.79 Å². The minimum absolute atomic E-state index is 0.0174. The SMILES string of the molecule is COCC(=O)Nc1cccc(-n2nc(OC)nc2-c2cccc(OC)c2)c1. The summed E-state index contributed by atoms with van der Waals surface area (Å²) in [4.78, 5) is 16.2. The zero-order valence-electron chi connectivity index (χ0n) is 15.3. The molecular weight excluding hydrogens is 348 g/mol. The fourth-order valence-electron chi connectivity index (χ4n) is 2.55. The molecule has 8 heteroatoms. The van der Waals surface area contributed by atoms with Gasteiger partial charge in [0.05, 0.1) is 19.9 Å². The van der Waals surface area contributed by atoms with E-state index in [1.807, 2.05) is 36.4 Å². The van der Waals surface area contributed by atoms with Crippen molar-refractivity contribution in [1.82, 2.24) is 14.8 Å². The van der Waals surface area contributed by atoms with Gasteiger partial charge in [-0.05, 0) is 30.3 Å². The zero-order valence-corrected chi connectivity index (χ0v) is 15.3. The first-order chi connectivity index (χ1) is 13.1. The molecule has 0 saturated carbocycles. The Balaban J connectivity index is 2.01. The molecule has 0 saturated heterocycles. The second-order valence-electron chi connectivity index (χ2n) is 5.60. The van der Waals surface area contributed by atoms with Crippen LogP contribution in [0.4, 0.5) is 5.69 Å². The molecule has 0 fully saturated rings. The van der Waals surface area contributed by atoms with Crippen molar-refractivity contribution in [3.63, 3.8) is 0 Å². The van der Waals surface area contributed by atoms with Gasteiger partial charge in [0.15, 0.2) is 5.82 Å². The average Bonchev–Trinajstić information content (AvgIpc) is 3.13. The Kier molecular flexibility index (Phi) is 5.68. The van der Waals surface area contributed by atoms with E-state index < -0.39 is 0 Å². The van der Waals surface area contributed by atoms with Crippen molar-refractivity contribution in [2.45, 2.75) is 0 Å². The van der Waals surface area contributed by atoms with E-state index in [-0.39, 0.29) is 18.5 Å². The summed E-state index contributed by atoms with van der Waals surface area (Å²) in [6.07, 6.45) is 0. The Morgan fingerprint density at radius 3 is 2.63 bits per heavy atom. The molecule has 0 spiro atoms. The van der Waals surface area contributed by atoms with Crippen molar-refractivity contribution in [2.75, 3.05) is 33.3 Å². The monoisotopic (exact) mass is 368 g/mol. The molecule has 1 N–H and O–H groups in total. The molecule has 3 rings (SSSR count). The smallest absolute Gasteiger partial charge is 0.336 e. The van der Waals surface area contributed by atoms with E-state index in [0.29, 0.717) is 17.3 Å². The van der Waals surface area contributed by atoms with Crippen LogP contribution in [-0.2, 0) is 9.53 Å². The Labute approximate surface area is 156 Å². The lowest BCUT2D eigenvalue weighted by molar-refractivity contribution is -0.119. The number of rotatable bonds is 7. The first-order valence-electron chi connectivity index (χ1n) is 8.19. The van der Waals surface area contributed by atoms with E-state index in [4.69, 9.17) is 14.2 Å². The van der Waals surface area contributed by atoms with Gasteiger partial charge in [-0.3, -0.25) is 4.79 Å². The number of ether oxygens (including phenoxy) is 3. The van der Waals surface area contributed by atoms with Gasteiger partial charge in [-0.25, -0.2) is 4.68 Å². The van der Waals surface area contributed by atoms with E-state index in [0.717, 1.165) is 11.3 Å². The molecule has 0 bridgehead atoms. The molecule has 0 atom stereocenters. The second-order valence-corrected chi connectivity index (χ2v) is 5.60. The van der Waals surface area contributed by atoms with Gasteiger partial charge in [-0.1, -0.05) is 18.2 Å². The van der Waals surface area contributed by atoms with Gasteiger partial charge < -0.3 is 19.5 Å². The number of hydrogen-bond acceptors (Lipinski definition) is 6. The summed E-state index contributed by atoms with van der Waals surface area (Å²) in [6, 6.07) is 15.0. The van der Waals surface area contributed by atoms with E-state index in [1.54, 1.807) is 23.9 Å². The lowest BCUT2D eigenvalue weighted by Gasteiger charge is -2.09. The van der Waals surface area contributed by atoms with Gasteiger partial charge in [0.2, 0.25) is 5.91 Å². The van der Waals surface area contributed by atoms with Crippen LogP contribution in [0.3, 0.4) is 0 Å². The molecule has 2 aromatic carbocycles. The molecule has 0 aliphatic rings. The predicted octanol–water partition coefficient (Wildman–Crippen LogP) is 2.54. The minimum atomic E-state index is -0.237. The van der Waals surface area contributed by atoms with Crippen molar-refractivity contribution in [3.8, 4) is 28.8 Å². The number of nitrogens with zero attached hydrogens (tertiary/aromatic N) is 3. The topological polar surface area (TPSA) is 87.5 Å². The van der Waals surface area contributed by atoms with Crippen LogP contribution >= 0.6 is 0 Å². The lowest BCUT2D eigenvalue weighted by atomic mass is 10.2. The number of methoxy groups -OCH3 is 3. The fraction of sp³-hybridized carbons (Fsp3) is 0.211. The molecule has 1 aromatic heterocycles. The Hall–Kier alpha value is -3.39. The first-order valence-corrected chi connectivity index (χ1v) is 8.19. The third-order valence-electron chi connectivity index (χ3n) is 3.75. The van der Waals surface area contributed by atoms with Crippen LogP contribution in [0, 0.1) is 0 Å². The standard InChI is InChI=1S/C19H20N4O4/c1-25-12-17(24)20-14-7-5-8-15(11-14)23-18(21-19(22-23)27-3)13-6-4-9-16(10-13)26-2/h4-11H,12H2,1-3H3,(H,20,24). The number of nitrogens with one attached hydrogen (secondary N) is 1. The minimum Gasteiger partial charge on any atom is -0.497 e. The van der Waals surface area contributed by atoms with E-state index in [1.165, 1.54) is 14.2 Å². The van der Waals surface area contributed by atoms with Gasteiger partial charge in [-0.15, -0.1) is 5.10 Å². The summed E-state index contributed by atoms with van der Waals surface area (Å²) < 4.78 is 17.0. The van der Waals surface area contributed by atoms with Crippen LogP contribution in [0.25, 0.3) is 17.1 Å². The number of amides is 1. The van der Waals surface area contributed by atoms with Crippen molar-refractivity contribution in [3.05, 3.63) is 48.5 Å². The third kappa shape index (κ3) is 4.24. The van der Waals surface area contributed by atoms with Crippen molar-refractivity contribution in [1.29, 1.82) is 0 Å². The van der Waals surface area contributed by atoms with E-state index >= 15 is 0 Å². The molecule has 0 aliphatic heterocycles. The molecule has 1 heterocycles. The number of anilines is 1. The Bertz CT molecular complexity index is 939. The first kappa shape index (κ1) is 18.4. The summed E-state index contributed by atoms with van der Waals surface area (Å²) in [7, 11) is 4.59. The highest BCUT2D eigenvalue weighted by Gasteiger charge is 2.15. The maximum atomic E-state index is 11.8. The van der Waals surface area contributed by atoms with Crippen LogP contribution in [0.15, 0.2) is 48.5 Å². The molecule has 27 heavy (non-hydrogen) atoms. The van der Waals surface area contributed by atoms with Crippen molar-refractivity contribution >= 4 is 11.6 Å². The van der Waals surface area contributed by atoms with Crippen LogP contribution in [0.2, 0.25) is 0 Å². The van der Waals surface area contributed by atoms with Crippen LogP contribution in [0.1, 0.15) is 0 Å². The molecule has 0 radical (unpaired) electrons. The maximum Gasteiger partial charge on any atom is 0.336 e. The number of carbonyl (C=O) groups is 1. The molecular formula is C19H20N4O4. The molecule has 0 unspecified atom stereocenters. The Morgan fingerprint density at radius 1 is 1.07 bits per heavy atom. The molecule has 0 aliphatic carbocycles. The Morgan fingerprint density at radius 2 is 1.89 bits per heavy atom. The highest BCUT2D eigenvalue weighted by Crippen LogP contribution is 2.27. The normalized spacial score (nSPS) is 10.5. The van der Waals surface area contributed by atoms with Gasteiger partial charge in [-0.2, -0.15) is 4.98 Å². The van der Waals surface area contributed by atoms with Crippen molar-refractivity contribution in [2.24, 2.45) is 0 Å². The quantitative estimate of drug-likeness (QED) is 0.690.